The Hall–Kier alpha value is -2.06. The third kappa shape index (κ3) is 6.29. The standard InChI is InChI=1S/C25H32BrNO5S/c1-5-31-22-13-11-18(26)15-24(22)33(29,30)27-21-9-7-6-8-20(21)25(28)32-23-14-17(4)10-12-19(23)16(2)3/h6-9,11,13,15-17,19,23,27H,5,10,12,14H2,1-4H3/t17-,19-,23-/m1/s1. The van der Waals surface area contributed by atoms with E-state index >= 15 is 0 Å². The van der Waals surface area contributed by atoms with Gasteiger partial charge in [-0.1, -0.05) is 55.3 Å². The lowest BCUT2D eigenvalue weighted by atomic mass is 9.75. The van der Waals surface area contributed by atoms with Crippen molar-refractivity contribution in [2.45, 2.75) is 58.0 Å². The molecule has 0 heterocycles. The first-order valence-electron chi connectivity index (χ1n) is 11.4. The highest BCUT2D eigenvalue weighted by atomic mass is 79.9. The van der Waals surface area contributed by atoms with Gasteiger partial charge in [-0.3, -0.25) is 4.72 Å². The van der Waals surface area contributed by atoms with Crippen LogP contribution in [0.1, 0.15) is 57.3 Å². The van der Waals surface area contributed by atoms with Crippen molar-refractivity contribution < 1.29 is 22.7 Å². The number of nitrogens with one attached hydrogen (secondary N) is 1. The van der Waals surface area contributed by atoms with Crippen molar-refractivity contribution in [3.8, 4) is 5.75 Å². The minimum atomic E-state index is -4.02. The topological polar surface area (TPSA) is 81.7 Å². The molecule has 0 aliphatic heterocycles. The Morgan fingerprint density at radius 3 is 2.61 bits per heavy atom. The van der Waals surface area contributed by atoms with Crippen LogP contribution in [0.2, 0.25) is 0 Å². The van der Waals surface area contributed by atoms with E-state index in [0.29, 0.717) is 28.8 Å². The van der Waals surface area contributed by atoms with Gasteiger partial charge in [-0.25, -0.2) is 13.2 Å². The van der Waals surface area contributed by atoms with E-state index in [4.69, 9.17) is 9.47 Å². The summed E-state index contributed by atoms with van der Waals surface area (Å²) in [4.78, 5) is 13.2. The number of hydrogen-bond donors (Lipinski definition) is 1. The average Bonchev–Trinajstić information content (AvgIpc) is 2.75. The van der Waals surface area contributed by atoms with Gasteiger partial charge >= 0.3 is 5.97 Å². The Balaban J connectivity index is 1.88. The highest BCUT2D eigenvalue weighted by Crippen LogP contribution is 2.36. The summed E-state index contributed by atoms with van der Waals surface area (Å²) in [5.41, 5.74) is 0.365. The number of carbonyl (C=O) groups is 1. The van der Waals surface area contributed by atoms with Crippen LogP contribution in [-0.4, -0.2) is 27.1 Å². The Morgan fingerprint density at radius 2 is 1.91 bits per heavy atom. The number of hydrogen-bond acceptors (Lipinski definition) is 5. The van der Waals surface area contributed by atoms with Gasteiger partial charge in [0.15, 0.2) is 0 Å². The molecular weight excluding hydrogens is 506 g/mol. The van der Waals surface area contributed by atoms with Gasteiger partial charge in [0, 0.05) is 4.47 Å². The third-order valence-electron chi connectivity index (χ3n) is 6.11. The zero-order chi connectivity index (χ0) is 24.2. The fraction of sp³-hybridized carbons (Fsp3) is 0.480. The van der Waals surface area contributed by atoms with Gasteiger partial charge in [-0.15, -0.1) is 0 Å². The van der Waals surface area contributed by atoms with E-state index in [0.717, 1.165) is 19.3 Å². The second kappa shape index (κ2) is 10.9. The quantitative estimate of drug-likeness (QED) is 0.401. The van der Waals surface area contributed by atoms with Crippen LogP contribution >= 0.6 is 15.9 Å². The maximum atomic E-state index is 13.2. The summed E-state index contributed by atoms with van der Waals surface area (Å²) < 4.78 is 41.1. The number of esters is 1. The molecule has 3 rings (SSSR count). The first-order valence-corrected chi connectivity index (χ1v) is 13.6. The molecule has 1 aliphatic carbocycles. The third-order valence-corrected chi connectivity index (χ3v) is 7.99. The Labute approximate surface area is 205 Å². The maximum Gasteiger partial charge on any atom is 0.340 e. The van der Waals surface area contributed by atoms with Crippen molar-refractivity contribution >= 4 is 37.6 Å². The van der Waals surface area contributed by atoms with Gasteiger partial charge in [0.2, 0.25) is 0 Å². The van der Waals surface area contributed by atoms with Gasteiger partial charge in [0.25, 0.3) is 10.0 Å². The lowest BCUT2D eigenvalue weighted by molar-refractivity contribution is -0.0173. The van der Waals surface area contributed by atoms with Gasteiger partial charge in [0.1, 0.15) is 16.7 Å². The van der Waals surface area contributed by atoms with E-state index in [1.165, 1.54) is 6.07 Å². The molecular formula is C25H32BrNO5S. The van der Waals surface area contributed by atoms with Crippen molar-refractivity contribution in [1.29, 1.82) is 0 Å². The number of para-hydroxylation sites is 1. The molecule has 1 aliphatic rings. The van der Waals surface area contributed by atoms with Gasteiger partial charge in [-0.2, -0.15) is 0 Å². The second-order valence-corrected chi connectivity index (χ2v) is 11.5. The van der Waals surface area contributed by atoms with Crippen LogP contribution in [-0.2, 0) is 14.8 Å². The van der Waals surface area contributed by atoms with E-state index in [-0.39, 0.29) is 28.0 Å². The molecule has 6 nitrogen and oxygen atoms in total. The predicted molar refractivity (Wildman–Crippen MR) is 133 cm³/mol. The first kappa shape index (κ1) is 25.6. The number of anilines is 1. The zero-order valence-electron chi connectivity index (χ0n) is 19.5. The number of halogens is 1. The summed E-state index contributed by atoms with van der Waals surface area (Å²) in [6.45, 7) is 8.58. The zero-order valence-corrected chi connectivity index (χ0v) is 21.9. The molecule has 0 unspecified atom stereocenters. The Kier molecular flexibility index (Phi) is 8.45. The average molecular weight is 539 g/mol. The molecule has 8 heteroatoms. The molecule has 1 fully saturated rings. The largest absolute Gasteiger partial charge is 0.492 e. The first-order chi connectivity index (χ1) is 15.6. The molecule has 33 heavy (non-hydrogen) atoms. The van der Waals surface area contributed by atoms with Crippen LogP contribution < -0.4 is 9.46 Å². The van der Waals surface area contributed by atoms with Crippen LogP contribution in [0.3, 0.4) is 0 Å². The number of rotatable bonds is 8. The van der Waals surface area contributed by atoms with Crippen molar-refractivity contribution in [2.75, 3.05) is 11.3 Å². The maximum absolute atomic E-state index is 13.2. The minimum Gasteiger partial charge on any atom is -0.492 e. The highest BCUT2D eigenvalue weighted by molar-refractivity contribution is 9.10. The highest BCUT2D eigenvalue weighted by Gasteiger charge is 2.34. The van der Waals surface area contributed by atoms with Gasteiger partial charge in [0.05, 0.1) is 17.9 Å². The molecule has 1 saturated carbocycles. The summed E-state index contributed by atoms with van der Waals surface area (Å²) in [6, 6.07) is 11.3. The molecule has 2 aromatic rings. The summed E-state index contributed by atoms with van der Waals surface area (Å²) in [7, 11) is -4.02. The van der Waals surface area contributed by atoms with Crippen LogP contribution in [0.15, 0.2) is 51.8 Å². The molecule has 0 radical (unpaired) electrons. The molecule has 3 atom stereocenters. The monoisotopic (exact) mass is 537 g/mol. The summed E-state index contributed by atoms with van der Waals surface area (Å²) >= 11 is 3.32. The van der Waals surface area contributed by atoms with Crippen LogP contribution in [0.5, 0.6) is 5.75 Å². The Bertz CT molecular complexity index is 1090. The molecule has 0 spiro atoms. The summed E-state index contributed by atoms with van der Waals surface area (Å²) in [5.74, 6) is 0.906. The SMILES string of the molecule is CCOc1ccc(Br)cc1S(=O)(=O)Nc1ccccc1C(=O)O[C@@H]1C[C@H](C)CC[C@@H]1C(C)C. The predicted octanol–water partition coefficient (Wildman–Crippen LogP) is 6.27. The lowest BCUT2D eigenvalue weighted by Gasteiger charge is -2.36. The van der Waals surface area contributed by atoms with E-state index in [2.05, 4.69) is 41.4 Å². The molecule has 1 N–H and O–H groups in total. The number of ether oxygens (including phenoxy) is 2. The molecule has 180 valence electrons. The molecule has 0 aromatic heterocycles. The van der Waals surface area contributed by atoms with Crippen LogP contribution in [0.4, 0.5) is 5.69 Å². The van der Waals surface area contributed by atoms with E-state index in [9.17, 15) is 13.2 Å². The van der Waals surface area contributed by atoms with Crippen molar-refractivity contribution in [3.05, 3.63) is 52.5 Å². The fourth-order valence-electron chi connectivity index (χ4n) is 4.37. The summed E-state index contributed by atoms with van der Waals surface area (Å²) in [5, 5.41) is 0. The molecule has 0 saturated heterocycles. The smallest absolute Gasteiger partial charge is 0.340 e. The molecule has 0 amide bonds. The number of benzene rings is 2. The molecule has 0 bridgehead atoms. The molecule has 2 aromatic carbocycles. The number of sulfonamides is 1. The Morgan fingerprint density at radius 1 is 1.18 bits per heavy atom. The fourth-order valence-corrected chi connectivity index (χ4v) is 6.13. The minimum absolute atomic E-state index is 0.0112. The van der Waals surface area contributed by atoms with Crippen LogP contribution in [0.25, 0.3) is 0 Å². The van der Waals surface area contributed by atoms with Gasteiger partial charge in [-0.05, 0) is 67.9 Å². The second-order valence-electron chi connectivity index (χ2n) is 8.95. The van der Waals surface area contributed by atoms with E-state index < -0.39 is 16.0 Å². The number of carbonyl (C=O) groups excluding carboxylic acids is 1. The van der Waals surface area contributed by atoms with Crippen molar-refractivity contribution in [3.63, 3.8) is 0 Å². The van der Waals surface area contributed by atoms with Gasteiger partial charge < -0.3 is 9.47 Å². The summed E-state index contributed by atoms with van der Waals surface area (Å²) in [6.07, 6.45) is 2.79. The van der Waals surface area contributed by atoms with Crippen molar-refractivity contribution in [1.82, 2.24) is 0 Å². The lowest BCUT2D eigenvalue weighted by Crippen LogP contribution is -2.36. The van der Waals surface area contributed by atoms with Crippen LogP contribution in [0, 0.1) is 17.8 Å². The van der Waals surface area contributed by atoms with Crippen molar-refractivity contribution in [2.24, 2.45) is 17.8 Å². The van der Waals surface area contributed by atoms with E-state index in [1.54, 1.807) is 43.3 Å². The normalized spacial score (nSPS) is 21.0. The van der Waals surface area contributed by atoms with E-state index in [1.807, 2.05) is 0 Å².